The van der Waals surface area contributed by atoms with Crippen LogP contribution in [0.2, 0.25) is 0 Å². The van der Waals surface area contributed by atoms with E-state index >= 15 is 4.39 Å². The predicted octanol–water partition coefficient (Wildman–Crippen LogP) is 4.14. The first-order chi connectivity index (χ1) is 17.5. The Morgan fingerprint density at radius 2 is 1.81 bits per heavy atom. The third kappa shape index (κ3) is 4.77. The highest BCUT2D eigenvalue weighted by atomic mass is 19.1. The van der Waals surface area contributed by atoms with Gasteiger partial charge in [0.1, 0.15) is 17.1 Å². The van der Waals surface area contributed by atoms with Gasteiger partial charge in [0.05, 0.1) is 11.4 Å². The second-order valence-electron chi connectivity index (χ2n) is 10.5. The molecule has 196 valence electrons. The lowest BCUT2D eigenvalue weighted by atomic mass is 10.1. The van der Waals surface area contributed by atoms with Crippen molar-refractivity contribution in [2.75, 3.05) is 47.8 Å². The van der Waals surface area contributed by atoms with Crippen molar-refractivity contribution < 1.29 is 18.7 Å². The number of ether oxygens (including phenoxy) is 1. The molecular formula is C26H32FN7O3. The third-order valence-electron chi connectivity index (χ3n) is 6.63. The Hall–Kier alpha value is -3.89. The maximum absolute atomic E-state index is 15.0. The summed E-state index contributed by atoms with van der Waals surface area (Å²) in [4.78, 5) is 39.9. The summed E-state index contributed by atoms with van der Waals surface area (Å²) >= 11 is 0. The van der Waals surface area contributed by atoms with Gasteiger partial charge in [0, 0.05) is 68.1 Å². The molecule has 2 aliphatic rings. The van der Waals surface area contributed by atoms with E-state index in [0.29, 0.717) is 56.2 Å². The summed E-state index contributed by atoms with van der Waals surface area (Å²) in [5, 5.41) is 2.72. The number of carbonyl (C=O) groups excluding carboxylic acids is 2. The van der Waals surface area contributed by atoms with Crippen molar-refractivity contribution in [1.29, 1.82) is 0 Å². The molecule has 3 amide bonds. The molecule has 1 saturated heterocycles. The van der Waals surface area contributed by atoms with Crippen LogP contribution in [0.5, 0.6) is 0 Å². The Morgan fingerprint density at radius 1 is 1.08 bits per heavy atom. The minimum absolute atomic E-state index is 0.0928. The fourth-order valence-corrected chi connectivity index (χ4v) is 4.88. The number of hydrogen-bond acceptors (Lipinski definition) is 6. The number of amides is 3. The first kappa shape index (κ1) is 24.8. The highest BCUT2D eigenvalue weighted by Crippen LogP contribution is 2.35. The van der Waals surface area contributed by atoms with Crippen LogP contribution in [0, 0.1) is 19.7 Å². The number of nitrogens with one attached hydrogen (secondary N) is 1. The van der Waals surface area contributed by atoms with Crippen LogP contribution < -0.4 is 15.1 Å². The van der Waals surface area contributed by atoms with E-state index in [9.17, 15) is 9.59 Å². The van der Waals surface area contributed by atoms with Crippen molar-refractivity contribution in [3.05, 3.63) is 47.3 Å². The third-order valence-corrected chi connectivity index (χ3v) is 6.63. The van der Waals surface area contributed by atoms with Gasteiger partial charge in [0.2, 0.25) is 0 Å². The molecule has 0 spiro atoms. The van der Waals surface area contributed by atoms with Gasteiger partial charge in [-0.1, -0.05) is 0 Å². The van der Waals surface area contributed by atoms with Crippen molar-refractivity contribution in [3.63, 3.8) is 0 Å². The molecular weight excluding hydrogens is 477 g/mol. The van der Waals surface area contributed by atoms with Gasteiger partial charge in [0.15, 0.2) is 5.82 Å². The van der Waals surface area contributed by atoms with E-state index in [1.807, 2.05) is 33.8 Å². The first-order valence-corrected chi connectivity index (χ1v) is 12.5. The number of imidazole rings is 1. The zero-order valence-electron chi connectivity index (χ0n) is 21.8. The van der Waals surface area contributed by atoms with E-state index in [4.69, 9.17) is 4.74 Å². The van der Waals surface area contributed by atoms with Gasteiger partial charge < -0.3 is 24.3 Å². The van der Waals surface area contributed by atoms with E-state index in [-0.39, 0.29) is 11.8 Å². The molecule has 10 nitrogen and oxygen atoms in total. The summed E-state index contributed by atoms with van der Waals surface area (Å²) in [6.45, 7) is 11.9. The zero-order valence-corrected chi connectivity index (χ0v) is 21.8. The Balaban J connectivity index is 1.30. The number of piperazine rings is 1. The van der Waals surface area contributed by atoms with Gasteiger partial charge in [-0.3, -0.25) is 4.90 Å². The number of pyridine rings is 2. The fourth-order valence-electron chi connectivity index (χ4n) is 4.88. The second kappa shape index (κ2) is 9.20. The number of urea groups is 1. The average molecular weight is 510 g/mol. The Labute approximate surface area is 215 Å². The smallest absolute Gasteiger partial charge is 0.410 e. The van der Waals surface area contributed by atoms with Crippen LogP contribution >= 0.6 is 0 Å². The maximum Gasteiger partial charge on any atom is 0.410 e. The molecule has 0 atom stereocenters. The van der Waals surface area contributed by atoms with Crippen molar-refractivity contribution in [2.45, 2.75) is 46.6 Å². The molecule has 5 heterocycles. The highest BCUT2D eigenvalue weighted by Gasteiger charge is 2.32. The molecule has 0 saturated carbocycles. The van der Waals surface area contributed by atoms with Crippen LogP contribution in [0.25, 0.3) is 5.65 Å². The van der Waals surface area contributed by atoms with Crippen molar-refractivity contribution in [1.82, 2.24) is 19.3 Å². The molecule has 0 unspecified atom stereocenters. The molecule has 1 N–H and O–H groups in total. The van der Waals surface area contributed by atoms with E-state index in [1.54, 1.807) is 39.7 Å². The van der Waals surface area contributed by atoms with Crippen LogP contribution in [0.4, 0.5) is 31.2 Å². The van der Waals surface area contributed by atoms with Crippen LogP contribution in [0.15, 0.2) is 24.7 Å². The number of halogens is 1. The van der Waals surface area contributed by atoms with Gasteiger partial charge in [-0.2, -0.15) is 0 Å². The number of rotatable bonds is 2. The van der Waals surface area contributed by atoms with Crippen molar-refractivity contribution in [3.8, 4) is 0 Å². The molecule has 11 heteroatoms. The molecule has 0 radical (unpaired) electrons. The quantitative estimate of drug-likeness (QED) is 0.558. The lowest BCUT2D eigenvalue weighted by molar-refractivity contribution is 0.0240. The van der Waals surface area contributed by atoms with Crippen molar-refractivity contribution in [2.24, 2.45) is 0 Å². The van der Waals surface area contributed by atoms with Crippen LogP contribution in [0.3, 0.4) is 0 Å². The molecule has 1 fully saturated rings. The predicted molar refractivity (Wildman–Crippen MR) is 139 cm³/mol. The minimum atomic E-state index is -0.532. The van der Waals surface area contributed by atoms with Gasteiger partial charge in [-0.05, 0) is 47.1 Å². The van der Waals surface area contributed by atoms with Crippen LogP contribution in [-0.4, -0.2) is 69.7 Å². The van der Waals surface area contributed by atoms with E-state index in [2.05, 4.69) is 20.2 Å². The standard InChI is InChI=1S/C26H32FN7O3/c1-16-14-33-15-19(21(27)17(2)22(33)29-16)30-24(35)34-9-7-18-20(6-8-28-23(18)34)31-10-12-32(13-11-31)25(36)37-26(3,4)5/h6,8,14-15H,7,9-13H2,1-5H3,(H,30,35). The Kier molecular flexibility index (Phi) is 6.17. The number of fused-ring (bicyclic) bond motifs is 2. The molecule has 2 aliphatic heterocycles. The van der Waals surface area contributed by atoms with E-state index in [0.717, 1.165) is 16.9 Å². The highest BCUT2D eigenvalue weighted by molar-refractivity contribution is 6.03. The van der Waals surface area contributed by atoms with Gasteiger partial charge in [0.25, 0.3) is 0 Å². The molecule has 5 rings (SSSR count). The number of nitrogens with zero attached hydrogens (tertiary/aromatic N) is 6. The zero-order chi connectivity index (χ0) is 26.5. The molecule has 3 aromatic heterocycles. The lowest BCUT2D eigenvalue weighted by Crippen LogP contribution is -2.50. The summed E-state index contributed by atoms with van der Waals surface area (Å²) < 4.78 is 22.2. The topological polar surface area (TPSA) is 95.3 Å². The second-order valence-corrected chi connectivity index (χ2v) is 10.5. The van der Waals surface area contributed by atoms with Gasteiger partial charge in [-0.15, -0.1) is 0 Å². The van der Waals surface area contributed by atoms with E-state index in [1.165, 1.54) is 0 Å². The maximum atomic E-state index is 15.0. The normalized spacial score (nSPS) is 15.8. The van der Waals surface area contributed by atoms with Crippen LogP contribution in [-0.2, 0) is 11.2 Å². The van der Waals surface area contributed by atoms with Crippen molar-refractivity contribution >= 4 is 35.0 Å². The lowest BCUT2D eigenvalue weighted by Gasteiger charge is -2.37. The molecule has 37 heavy (non-hydrogen) atoms. The number of anilines is 3. The first-order valence-electron chi connectivity index (χ1n) is 12.5. The fraction of sp³-hybridized carbons (Fsp3) is 0.462. The monoisotopic (exact) mass is 509 g/mol. The summed E-state index contributed by atoms with van der Waals surface area (Å²) in [5.74, 6) is 0.0664. The summed E-state index contributed by atoms with van der Waals surface area (Å²) in [7, 11) is 0. The van der Waals surface area contributed by atoms with Gasteiger partial charge in [-0.25, -0.2) is 23.9 Å². The summed E-state index contributed by atoms with van der Waals surface area (Å²) in [6, 6.07) is 1.51. The number of aryl methyl sites for hydroxylation is 2. The SMILES string of the molecule is Cc1cn2cc(NC(=O)N3CCc4c(N5CCN(C(=O)OC(C)(C)C)CC5)ccnc43)c(F)c(C)c2n1. The number of hydrogen-bond donors (Lipinski definition) is 1. The minimum Gasteiger partial charge on any atom is -0.444 e. The molecule has 3 aromatic rings. The molecule has 0 aliphatic carbocycles. The Morgan fingerprint density at radius 3 is 2.51 bits per heavy atom. The number of carbonyl (C=O) groups is 2. The summed E-state index contributed by atoms with van der Waals surface area (Å²) in [6.07, 6.45) is 5.35. The van der Waals surface area contributed by atoms with E-state index < -0.39 is 17.4 Å². The Bertz CT molecular complexity index is 1370. The summed E-state index contributed by atoms with van der Waals surface area (Å²) in [5.41, 5.74) is 3.20. The van der Waals surface area contributed by atoms with Gasteiger partial charge >= 0.3 is 12.1 Å². The average Bonchev–Trinajstić information content (AvgIpc) is 3.44. The largest absolute Gasteiger partial charge is 0.444 e. The molecule has 0 aromatic carbocycles. The number of aromatic nitrogens is 3. The van der Waals surface area contributed by atoms with Crippen LogP contribution in [0.1, 0.15) is 37.6 Å². The molecule has 0 bridgehead atoms.